The maximum absolute atomic E-state index is 12.6. The molecular weight excluding hydrogens is 410 g/mol. The Balaban J connectivity index is 1.50. The summed E-state index contributed by atoms with van der Waals surface area (Å²) in [6.07, 6.45) is 13.2. The standard InChI is InChI=1S/C28H27N3O2/c32-26-8-4-7-23-24(26)11-12-27(25(23)10-9-21-13-15-29-16-14-21)33-28(19-31-18-17-30-20-31)22-5-2-1-3-6-22/h1-3,5-6,11-18,20,28H,4,7-10,19H2/t28-/m1/s1. The summed E-state index contributed by atoms with van der Waals surface area (Å²) in [4.78, 5) is 20.9. The van der Waals surface area contributed by atoms with E-state index in [4.69, 9.17) is 4.74 Å². The summed E-state index contributed by atoms with van der Waals surface area (Å²) < 4.78 is 8.76. The van der Waals surface area contributed by atoms with Gasteiger partial charge in [-0.2, -0.15) is 0 Å². The van der Waals surface area contributed by atoms with Gasteiger partial charge in [0.05, 0.1) is 12.9 Å². The summed E-state index contributed by atoms with van der Waals surface area (Å²) in [6.45, 7) is 0.657. The second-order valence-electron chi connectivity index (χ2n) is 8.48. The monoisotopic (exact) mass is 437 g/mol. The maximum Gasteiger partial charge on any atom is 0.163 e. The number of imidazole rings is 1. The Labute approximate surface area is 194 Å². The van der Waals surface area contributed by atoms with E-state index in [1.165, 1.54) is 5.56 Å². The van der Waals surface area contributed by atoms with Crippen molar-refractivity contribution in [1.29, 1.82) is 0 Å². The van der Waals surface area contributed by atoms with E-state index >= 15 is 0 Å². The Bertz CT molecular complexity index is 1200. The van der Waals surface area contributed by atoms with Gasteiger partial charge in [0.15, 0.2) is 5.78 Å². The van der Waals surface area contributed by atoms with Crippen LogP contribution in [0.2, 0.25) is 0 Å². The second-order valence-corrected chi connectivity index (χ2v) is 8.48. The van der Waals surface area contributed by atoms with Crippen LogP contribution in [0.25, 0.3) is 0 Å². The quantitative estimate of drug-likeness (QED) is 0.370. The minimum absolute atomic E-state index is 0.169. The minimum atomic E-state index is -0.169. The third-order valence-corrected chi connectivity index (χ3v) is 6.31. The van der Waals surface area contributed by atoms with Gasteiger partial charge in [0.1, 0.15) is 11.9 Å². The molecule has 0 N–H and O–H groups in total. The lowest BCUT2D eigenvalue weighted by molar-refractivity contribution is 0.0972. The van der Waals surface area contributed by atoms with Crippen LogP contribution >= 0.6 is 0 Å². The molecule has 5 rings (SSSR count). The molecular formula is C28H27N3O2. The van der Waals surface area contributed by atoms with Crippen LogP contribution in [0, 0.1) is 0 Å². The van der Waals surface area contributed by atoms with Gasteiger partial charge in [0, 0.05) is 36.8 Å². The molecule has 166 valence electrons. The van der Waals surface area contributed by atoms with E-state index < -0.39 is 0 Å². The molecule has 4 aromatic rings. The van der Waals surface area contributed by atoms with Gasteiger partial charge in [-0.1, -0.05) is 30.3 Å². The van der Waals surface area contributed by atoms with Crippen molar-refractivity contribution in [2.24, 2.45) is 0 Å². The van der Waals surface area contributed by atoms with E-state index in [2.05, 4.69) is 22.1 Å². The molecule has 0 saturated heterocycles. The SMILES string of the molecule is O=C1CCCc2c1ccc(O[C@H](Cn1ccnc1)c1ccccc1)c2CCc1ccncc1. The van der Waals surface area contributed by atoms with Crippen LogP contribution in [0.3, 0.4) is 0 Å². The highest BCUT2D eigenvalue weighted by atomic mass is 16.5. The molecule has 0 fully saturated rings. The fourth-order valence-corrected chi connectivity index (χ4v) is 4.60. The summed E-state index contributed by atoms with van der Waals surface area (Å²) in [6, 6.07) is 18.3. The summed E-state index contributed by atoms with van der Waals surface area (Å²) in [7, 11) is 0. The number of fused-ring (bicyclic) bond motifs is 1. The van der Waals surface area contributed by atoms with Crippen LogP contribution in [0.1, 0.15) is 51.6 Å². The van der Waals surface area contributed by atoms with E-state index in [1.807, 2.05) is 71.9 Å². The van der Waals surface area contributed by atoms with Crippen molar-refractivity contribution in [3.8, 4) is 5.75 Å². The van der Waals surface area contributed by atoms with Crippen LogP contribution < -0.4 is 4.74 Å². The molecule has 1 aliphatic carbocycles. The van der Waals surface area contributed by atoms with Gasteiger partial charge in [0.25, 0.3) is 0 Å². The van der Waals surface area contributed by atoms with Crippen molar-refractivity contribution in [3.63, 3.8) is 0 Å². The molecule has 33 heavy (non-hydrogen) atoms. The van der Waals surface area contributed by atoms with E-state index in [9.17, 15) is 4.79 Å². The van der Waals surface area contributed by atoms with Crippen molar-refractivity contribution in [2.75, 3.05) is 0 Å². The molecule has 0 amide bonds. The molecule has 1 aliphatic rings. The molecule has 0 bridgehead atoms. The smallest absolute Gasteiger partial charge is 0.163 e. The Morgan fingerprint density at radius 2 is 1.76 bits per heavy atom. The zero-order valence-electron chi connectivity index (χ0n) is 18.6. The number of hydrogen-bond donors (Lipinski definition) is 0. The summed E-state index contributed by atoms with van der Waals surface area (Å²) in [5.41, 5.74) is 5.52. The first-order valence-corrected chi connectivity index (χ1v) is 11.5. The molecule has 5 heteroatoms. The van der Waals surface area contributed by atoms with Crippen LogP contribution in [0.5, 0.6) is 5.75 Å². The molecule has 1 atom stereocenters. The van der Waals surface area contributed by atoms with Crippen LogP contribution in [0.4, 0.5) is 0 Å². The number of ketones is 1. The maximum atomic E-state index is 12.6. The highest BCUT2D eigenvalue weighted by Gasteiger charge is 2.24. The molecule has 0 spiro atoms. The average Bonchev–Trinajstić information content (AvgIpc) is 3.37. The van der Waals surface area contributed by atoms with Crippen LogP contribution in [0.15, 0.2) is 85.7 Å². The predicted octanol–water partition coefficient (Wildman–Crippen LogP) is 5.40. The zero-order valence-corrected chi connectivity index (χ0v) is 18.6. The number of carbonyl (C=O) groups excluding carboxylic acids is 1. The predicted molar refractivity (Wildman–Crippen MR) is 127 cm³/mol. The first kappa shape index (κ1) is 21.1. The number of aryl methyl sites for hydroxylation is 1. The van der Waals surface area contributed by atoms with Crippen LogP contribution in [-0.4, -0.2) is 20.3 Å². The van der Waals surface area contributed by atoms with Crippen molar-refractivity contribution in [3.05, 3.63) is 114 Å². The Hall–Kier alpha value is -3.73. The number of nitrogens with zero attached hydrogens (tertiary/aromatic N) is 3. The normalized spacial score (nSPS) is 14.0. The zero-order chi connectivity index (χ0) is 22.5. The van der Waals surface area contributed by atoms with E-state index in [0.717, 1.165) is 53.7 Å². The highest BCUT2D eigenvalue weighted by Crippen LogP contribution is 2.35. The molecule has 5 nitrogen and oxygen atoms in total. The fraction of sp³-hybridized carbons (Fsp3) is 0.250. The third-order valence-electron chi connectivity index (χ3n) is 6.31. The third kappa shape index (κ3) is 4.87. The Kier molecular flexibility index (Phi) is 6.29. The Morgan fingerprint density at radius 3 is 2.55 bits per heavy atom. The molecule has 2 aromatic carbocycles. The van der Waals surface area contributed by atoms with Gasteiger partial charge in [-0.15, -0.1) is 0 Å². The van der Waals surface area contributed by atoms with Crippen molar-refractivity contribution >= 4 is 5.78 Å². The number of ether oxygens (including phenoxy) is 1. The molecule has 0 saturated carbocycles. The lowest BCUT2D eigenvalue weighted by atomic mass is 9.85. The van der Waals surface area contributed by atoms with E-state index in [-0.39, 0.29) is 11.9 Å². The van der Waals surface area contributed by atoms with Gasteiger partial charge < -0.3 is 9.30 Å². The van der Waals surface area contributed by atoms with E-state index in [0.29, 0.717) is 13.0 Å². The largest absolute Gasteiger partial charge is 0.484 e. The van der Waals surface area contributed by atoms with Gasteiger partial charge in [-0.05, 0) is 72.2 Å². The lowest BCUT2D eigenvalue weighted by Crippen LogP contribution is -2.18. The van der Waals surface area contributed by atoms with Gasteiger partial charge >= 0.3 is 0 Å². The summed E-state index contributed by atoms with van der Waals surface area (Å²) in [5, 5.41) is 0. The average molecular weight is 438 g/mol. The molecule has 0 aliphatic heterocycles. The number of pyridine rings is 1. The minimum Gasteiger partial charge on any atom is -0.484 e. The number of benzene rings is 2. The lowest BCUT2D eigenvalue weighted by Gasteiger charge is -2.26. The summed E-state index contributed by atoms with van der Waals surface area (Å²) >= 11 is 0. The van der Waals surface area contributed by atoms with Gasteiger partial charge in [0.2, 0.25) is 0 Å². The number of aromatic nitrogens is 3. The Morgan fingerprint density at radius 1 is 0.909 bits per heavy atom. The molecule has 2 aromatic heterocycles. The van der Waals surface area contributed by atoms with Crippen molar-refractivity contribution in [2.45, 2.75) is 44.8 Å². The number of rotatable bonds is 8. The fourth-order valence-electron chi connectivity index (χ4n) is 4.60. The highest BCUT2D eigenvalue weighted by molar-refractivity contribution is 5.99. The first-order valence-electron chi connectivity index (χ1n) is 11.5. The molecule has 0 radical (unpaired) electrons. The summed E-state index contributed by atoms with van der Waals surface area (Å²) in [5.74, 6) is 1.11. The second kappa shape index (κ2) is 9.82. The van der Waals surface area contributed by atoms with Crippen LogP contribution in [-0.2, 0) is 25.8 Å². The number of hydrogen-bond acceptors (Lipinski definition) is 4. The first-order chi connectivity index (χ1) is 16.3. The van der Waals surface area contributed by atoms with E-state index in [1.54, 1.807) is 6.20 Å². The van der Waals surface area contributed by atoms with Gasteiger partial charge in [-0.3, -0.25) is 9.78 Å². The molecule has 0 unspecified atom stereocenters. The van der Waals surface area contributed by atoms with Crippen molar-refractivity contribution in [1.82, 2.24) is 14.5 Å². The van der Waals surface area contributed by atoms with Crippen molar-refractivity contribution < 1.29 is 9.53 Å². The number of Topliss-reactive ketones (excluding diaryl/α,β-unsaturated/α-hetero) is 1. The molecule has 2 heterocycles. The number of carbonyl (C=O) groups is 1. The van der Waals surface area contributed by atoms with Gasteiger partial charge in [-0.25, -0.2) is 4.98 Å². The topological polar surface area (TPSA) is 57.0 Å².